The monoisotopic (exact) mass is 466 g/mol. The Morgan fingerprint density at radius 3 is 2.65 bits per heavy atom. The summed E-state index contributed by atoms with van der Waals surface area (Å²) in [5.74, 6) is 1.53. The molecule has 1 saturated carbocycles. The number of Topliss-reactive ketones (excluding diaryl/α,β-unsaturated/α-hetero) is 1. The van der Waals surface area contributed by atoms with Crippen molar-refractivity contribution in [2.24, 2.45) is 5.92 Å². The second-order valence-corrected chi connectivity index (χ2v) is 9.32. The summed E-state index contributed by atoms with van der Waals surface area (Å²) in [7, 11) is 0. The molecule has 5 aromatic rings. The van der Waals surface area contributed by atoms with E-state index in [9.17, 15) is 4.79 Å². The van der Waals surface area contributed by atoms with Crippen LogP contribution in [0.25, 0.3) is 27.9 Å². The first-order valence-corrected chi connectivity index (χ1v) is 11.9. The molecule has 1 aliphatic rings. The Bertz CT molecular complexity index is 1520. The Hall–Kier alpha value is -3.70. The number of benzene rings is 3. The molecule has 1 N–H and O–H groups in total. The fourth-order valence-corrected chi connectivity index (χ4v) is 4.58. The largest absolute Gasteiger partial charge is 0.363 e. The lowest BCUT2D eigenvalue weighted by molar-refractivity contribution is 0.0976. The highest BCUT2D eigenvalue weighted by Crippen LogP contribution is 2.34. The zero-order valence-electron chi connectivity index (χ0n) is 18.5. The van der Waals surface area contributed by atoms with Crippen molar-refractivity contribution in [2.75, 3.05) is 5.32 Å². The molecule has 0 saturated heterocycles. The number of nitrogens with zero attached hydrogens (tertiary/aromatic N) is 3. The molecule has 0 radical (unpaired) electrons. The van der Waals surface area contributed by atoms with E-state index < -0.39 is 0 Å². The summed E-state index contributed by atoms with van der Waals surface area (Å²) >= 11 is 6.15. The Morgan fingerprint density at radius 2 is 1.85 bits per heavy atom. The van der Waals surface area contributed by atoms with E-state index in [0.29, 0.717) is 29.7 Å². The van der Waals surface area contributed by atoms with E-state index in [2.05, 4.69) is 15.8 Å². The highest BCUT2D eigenvalue weighted by molar-refractivity contribution is 6.30. The third-order valence-corrected chi connectivity index (χ3v) is 6.59. The highest BCUT2D eigenvalue weighted by atomic mass is 35.5. The van der Waals surface area contributed by atoms with Crippen molar-refractivity contribution < 1.29 is 4.79 Å². The van der Waals surface area contributed by atoms with E-state index >= 15 is 0 Å². The summed E-state index contributed by atoms with van der Waals surface area (Å²) in [5, 5.41) is 4.15. The van der Waals surface area contributed by atoms with Crippen molar-refractivity contribution in [1.29, 1.82) is 0 Å². The van der Waals surface area contributed by atoms with Crippen molar-refractivity contribution in [3.63, 3.8) is 0 Å². The van der Waals surface area contributed by atoms with Gasteiger partial charge in [0, 0.05) is 29.1 Å². The Labute approximate surface area is 202 Å². The number of halogens is 1. The first-order valence-electron chi connectivity index (χ1n) is 11.5. The van der Waals surface area contributed by atoms with Crippen LogP contribution in [0.15, 0.2) is 79.0 Å². The fourth-order valence-electron chi connectivity index (χ4n) is 4.36. The molecule has 2 heterocycles. The lowest BCUT2D eigenvalue weighted by Gasteiger charge is -2.12. The van der Waals surface area contributed by atoms with Crippen molar-refractivity contribution in [3.05, 3.63) is 95.1 Å². The molecule has 0 atom stereocenters. The summed E-state index contributed by atoms with van der Waals surface area (Å²) in [6.45, 7) is 0.585. The zero-order valence-corrected chi connectivity index (χ0v) is 19.3. The number of nitrogens with one attached hydrogen (secondary N) is 1. The number of hydrogen-bond donors (Lipinski definition) is 1. The van der Waals surface area contributed by atoms with Crippen LogP contribution in [0, 0.1) is 5.92 Å². The average Bonchev–Trinajstić information content (AvgIpc) is 3.56. The van der Waals surface area contributed by atoms with Gasteiger partial charge in [-0.1, -0.05) is 60.1 Å². The van der Waals surface area contributed by atoms with Crippen LogP contribution < -0.4 is 5.32 Å². The number of imidazole rings is 1. The van der Waals surface area contributed by atoms with Gasteiger partial charge in [0.1, 0.15) is 0 Å². The van der Waals surface area contributed by atoms with Crippen LogP contribution in [0.3, 0.4) is 0 Å². The molecule has 34 heavy (non-hydrogen) atoms. The number of hydrogen-bond acceptors (Lipinski definition) is 4. The molecule has 0 aliphatic heterocycles. The van der Waals surface area contributed by atoms with Crippen molar-refractivity contribution in [1.82, 2.24) is 14.4 Å². The van der Waals surface area contributed by atoms with Gasteiger partial charge in [-0.2, -0.15) is 0 Å². The van der Waals surface area contributed by atoms with Gasteiger partial charge < -0.3 is 5.32 Å². The summed E-state index contributed by atoms with van der Waals surface area (Å²) in [6.07, 6.45) is 4.89. The Balaban J connectivity index is 1.39. The lowest BCUT2D eigenvalue weighted by Crippen LogP contribution is -2.05. The predicted molar refractivity (Wildman–Crippen MR) is 136 cm³/mol. The van der Waals surface area contributed by atoms with E-state index in [1.807, 2.05) is 72.9 Å². The molecule has 1 fully saturated rings. The van der Waals surface area contributed by atoms with E-state index in [-0.39, 0.29) is 5.78 Å². The van der Waals surface area contributed by atoms with Crippen molar-refractivity contribution >= 4 is 39.9 Å². The minimum absolute atomic E-state index is 0.231. The zero-order chi connectivity index (χ0) is 23.1. The standard InChI is InChI=1S/C28H23ClN4O/c29-22-5-3-4-19(14-22)16-30-27-28-31-17-25(33(28)24-7-2-1-6-23(24)32-27)20-10-12-21(13-11-20)26(34)15-18-8-9-18/h1-7,10-14,17-18H,8-9,15-16H2,(H,30,32). The quantitative estimate of drug-likeness (QED) is 0.268. The van der Waals surface area contributed by atoms with Crippen LogP contribution in [0.1, 0.15) is 35.2 Å². The topological polar surface area (TPSA) is 59.3 Å². The first-order chi connectivity index (χ1) is 16.7. The van der Waals surface area contributed by atoms with E-state index in [1.165, 1.54) is 12.8 Å². The maximum Gasteiger partial charge on any atom is 0.181 e. The van der Waals surface area contributed by atoms with Gasteiger partial charge in [-0.15, -0.1) is 0 Å². The number of aromatic nitrogens is 3. The second-order valence-electron chi connectivity index (χ2n) is 8.88. The third kappa shape index (κ3) is 4.03. The van der Waals surface area contributed by atoms with Gasteiger partial charge in [0.05, 0.1) is 22.9 Å². The van der Waals surface area contributed by atoms with Gasteiger partial charge in [0.25, 0.3) is 0 Å². The van der Waals surface area contributed by atoms with Gasteiger partial charge in [0.15, 0.2) is 17.2 Å². The Morgan fingerprint density at radius 1 is 1.03 bits per heavy atom. The molecule has 2 aromatic heterocycles. The van der Waals surface area contributed by atoms with Crippen LogP contribution >= 0.6 is 11.6 Å². The minimum Gasteiger partial charge on any atom is -0.363 e. The third-order valence-electron chi connectivity index (χ3n) is 6.35. The summed E-state index contributed by atoms with van der Waals surface area (Å²) < 4.78 is 2.13. The van der Waals surface area contributed by atoms with Crippen molar-refractivity contribution in [2.45, 2.75) is 25.8 Å². The summed E-state index contributed by atoms with van der Waals surface area (Å²) in [4.78, 5) is 22.1. The van der Waals surface area contributed by atoms with Crippen LogP contribution in [0.2, 0.25) is 5.02 Å². The molecule has 1 aliphatic carbocycles. The SMILES string of the molecule is O=C(CC1CC1)c1ccc(-c2cnc3c(NCc4cccc(Cl)c4)nc4ccccc4n23)cc1. The molecule has 168 valence electrons. The van der Waals surface area contributed by atoms with Gasteiger partial charge in [0.2, 0.25) is 0 Å². The first kappa shape index (κ1) is 20.9. The molecular formula is C28H23ClN4O. The molecule has 0 amide bonds. The van der Waals surface area contributed by atoms with Crippen LogP contribution in [0.4, 0.5) is 5.82 Å². The number of fused-ring (bicyclic) bond motifs is 3. The molecule has 0 spiro atoms. The number of anilines is 1. The molecule has 6 rings (SSSR count). The number of ketones is 1. The van der Waals surface area contributed by atoms with Crippen molar-refractivity contribution in [3.8, 4) is 11.3 Å². The molecule has 0 bridgehead atoms. The van der Waals surface area contributed by atoms with Gasteiger partial charge in [-0.3, -0.25) is 9.20 Å². The fraction of sp³-hybridized carbons (Fsp3) is 0.179. The molecule has 5 nitrogen and oxygen atoms in total. The average molecular weight is 467 g/mol. The van der Waals surface area contributed by atoms with Gasteiger partial charge in [-0.05, 0) is 48.6 Å². The minimum atomic E-state index is 0.231. The van der Waals surface area contributed by atoms with Gasteiger partial charge in [-0.25, -0.2) is 9.97 Å². The number of carbonyl (C=O) groups excluding carboxylic acids is 1. The molecular weight excluding hydrogens is 444 g/mol. The maximum atomic E-state index is 12.5. The number of rotatable bonds is 7. The van der Waals surface area contributed by atoms with Crippen LogP contribution in [0.5, 0.6) is 0 Å². The number of para-hydroxylation sites is 2. The summed E-state index contributed by atoms with van der Waals surface area (Å²) in [6, 6.07) is 23.7. The van der Waals surface area contributed by atoms with E-state index in [0.717, 1.165) is 39.1 Å². The van der Waals surface area contributed by atoms with Crippen LogP contribution in [-0.4, -0.2) is 20.2 Å². The van der Waals surface area contributed by atoms with E-state index in [4.69, 9.17) is 21.6 Å². The summed E-state index contributed by atoms with van der Waals surface area (Å²) in [5.41, 5.74) is 6.42. The highest BCUT2D eigenvalue weighted by Gasteiger charge is 2.25. The molecule has 3 aromatic carbocycles. The molecule has 0 unspecified atom stereocenters. The smallest absolute Gasteiger partial charge is 0.181 e. The lowest BCUT2D eigenvalue weighted by atomic mass is 10.0. The second kappa shape index (κ2) is 8.58. The molecule has 6 heteroatoms. The predicted octanol–water partition coefficient (Wildman–Crippen LogP) is 6.80. The maximum absolute atomic E-state index is 12.5. The number of carbonyl (C=O) groups is 1. The van der Waals surface area contributed by atoms with E-state index in [1.54, 1.807) is 0 Å². The Kier molecular flexibility index (Phi) is 5.27. The normalized spacial score (nSPS) is 13.4. The van der Waals surface area contributed by atoms with Crippen LogP contribution in [-0.2, 0) is 6.54 Å². The van der Waals surface area contributed by atoms with Gasteiger partial charge >= 0.3 is 0 Å².